The molecule has 2 fully saturated rings. The van der Waals surface area contributed by atoms with Crippen molar-refractivity contribution < 1.29 is 14.3 Å². The summed E-state index contributed by atoms with van der Waals surface area (Å²) in [5, 5.41) is 9.12. The van der Waals surface area contributed by atoms with Gasteiger partial charge in [0.25, 0.3) is 5.91 Å². The minimum Gasteiger partial charge on any atom is -0.379 e. The zero-order valence-electron chi connectivity index (χ0n) is 18.9. The number of imidazole rings is 1. The van der Waals surface area contributed by atoms with Gasteiger partial charge in [0.05, 0.1) is 13.2 Å². The number of hydrogen-bond donors (Lipinski definition) is 3. The molecule has 2 aromatic rings. The molecule has 0 spiro atoms. The van der Waals surface area contributed by atoms with Gasteiger partial charge >= 0.3 is 6.03 Å². The van der Waals surface area contributed by atoms with Gasteiger partial charge in [0.15, 0.2) is 5.82 Å². The summed E-state index contributed by atoms with van der Waals surface area (Å²) >= 11 is 5.98. The van der Waals surface area contributed by atoms with Gasteiger partial charge in [0.2, 0.25) is 5.82 Å². The number of benzene rings is 1. The van der Waals surface area contributed by atoms with Gasteiger partial charge in [-0.25, -0.2) is 9.78 Å². The van der Waals surface area contributed by atoms with Crippen molar-refractivity contribution >= 4 is 35.0 Å². The maximum Gasteiger partial charge on any atom is 0.324 e. The van der Waals surface area contributed by atoms with Gasteiger partial charge in [-0.05, 0) is 62.4 Å². The van der Waals surface area contributed by atoms with Crippen LogP contribution in [-0.4, -0.2) is 65.8 Å². The molecule has 0 bridgehead atoms. The molecule has 4 rings (SSSR count). The molecular formula is C23H31ClN6O3. The summed E-state index contributed by atoms with van der Waals surface area (Å²) in [5.41, 5.74) is 1.52. The summed E-state index contributed by atoms with van der Waals surface area (Å²) in [6.45, 7) is 7.51. The van der Waals surface area contributed by atoms with Crippen LogP contribution in [0, 0.1) is 12.8 Å². The summed E-state index contributed by atoms with van der Waals surface area (Å²) in [7, 11) is 0. The van der Waals surface area contributed by atoms with Gasteiger partial charge in [-0.3, -0.25) is 15.0 Å². The van der Waals surface area contributed by atoms with E-state index in [2.05, 4.69) is 25.8 Å². The number of morpholine rings is 1. The number of anilines is 2. The number of rotatable bonds is 9. The lowest BCUT2D eigenvalue weighted by Crippen LogP contribution is -2.38. The molecule has 0 atom stereocenters. The van der Waals surface area contributed by atoms with Crippen molar-refractivity contribution in [2.45, 2.75) is 32.7 Å². The predicted octanol–water partition coefficient (Wildman–Crippen LogP) is 3.35. The molecule has 1 aromatic carbocycles. The van der Waals surface area contributed by atoms with E-state index in [-0.39, 0.29) is 5.91 Å². The van der Waals surface area contributed by atoms with Gasteiger partial charge < -0.3 is 19.9 Å². The Morgan fingerprint density at radius 2 is 2.00 bits per heavy atom. The number of carbonyl (C=O) groups is 2. The molecule has 2 heterocycles. The number of nitrogens with one attached hydrogen (secondary N) is 3. The number of ether oxygens (including phenoxy) is 1. The van der Waals surface area contributed by atoms with Crippen LogP contribution in [0.15, 0.2) is 24.4 Å². The zero-order valence-corrected chi connectivity index (χ0v) is 19.7. The van der Waals surface area contributed by atoms with Crippen molar-refractivity contribution in [3.63, 3.8) is 0 Å². The molecule has 10 heteroatoms. The molecule has 9 nitrogen and oxygen atoms in total. The molecule has 2 aliphatic rings. The van der Waals surface area contributed by atoms with Gasteiger partial charge in [-0.1, -0.05) is 11.6 Å². The minimum atomic E-state index is -0.422. The van der Waals surface area contributed by atoms with Crippen molar-refractivity contribution in [1.29, 1.82) is 0 Å². The quantitative estimate of drug-likeness (QED) is 0.484. The Kier molecular flexibility index (Phi) is 7.85. The Hall–Kier alpha value is -2.62. The number of carbonyl (C=O) groups excluding carboxylic acids is 2. The minimum absolute atomic E-state index is 0.223. The number of aromatic nitrogens is 2. The highest BCUT2D eigenvalue weighted by atomic mass is 35.5. The molecule has 1 saturated carbocycles. The van der Waals surface area contributed by atoms with Crippen LogP contribution < -0.4 is 16.0 Å². The summed E-state index contributed by atoms with van der Waals surface area (Å²) < 4.78 is 7.21. The van der Waals surface area contributed by atoms with Crippen LogP contribution in [0.25, 0.3) is 0 Å². The highest BCUT2D eigenvalue weighted by Gasteiger charge is 2.25. The second kappa shape index (κ2) is 11.0. The van der Waals surface area contributed by atoms with E-state index in [0.717, 1.165) is 64.2 Å². The summed E-state index contributed by atoms with van der Waals surface area (Å²) in [4.78, 5) is 32.1. The van der Waals surface area contributed by atoms with Gasteiger partial charge in [0, 0.05) is 43.1 Å². The largest absolute Gasteiger partial charge is 0.379 e. The third kappa shape index (κ3) is 6.93. The van der Waals surface area contributed by atoms with Crippen LogP contribution in [0.3, 0.4) is 0 Å². The van der Waals surface area contributed by atoms with E-state index in [9.17, 15) is 9.59 Å². The van der Waals surface area contributed by atoms with Crippen LogP contribution >= 0.6 is 11.6 Å². The number of halogens is 1. The molecule has 0 unspecified atom stereocenters. The number of nitrogens with zero attached hydrogens (tertiary/aromatic N) is 3. The number of urea groups is 1. The Morgan fingerprint density at radius 1 is 1.21 bits per heavy atom. The second-order valence-electron chi connectivity index (χ2n) is 8.65. The summed E-state index contributed by atoms with van der Waals surface area (Å²) in [6.07, 6.45) is 4.90. The normalized spacial score (nSPS) is 16.4. The fourth-order valence-electron chi connectivity index (χ4n) is 3.82. The van der Waals surface area contributed by atoms with Crippen LogP contribution in [-0.2, 0) is 11.3 Å². The molecule has 1 aliphatic carbocycles. The fourth-order valence-corrected chi connectivity index (χ4v) is 4.05. The van der Waals surface area contributed by atoms with E-state index in [1.54, 1.807) is 24.4 Å². The zero-order chi connectivity index (χ0) is 23.2. The first kappa shape index (κ1) is 23.5. The number of aryl methyl sites for hydroxylation is 1. The molecule has 3 N–H and O–H groups in total. The van der Waals surface area contributed by atoms with Crippen LogP contribution in [0.4, 0.5) is 16.3 Å². The molecule has 1 aromatic heterocycles. The Bertz CT molecular complexity index is 985. The van der Waals surface area contributed by atoms with Crippen molar-refractivity contribution in [3.8, 4) is 0 Å². The van der Waals surface area contributed by atoms with E-state index in [1.807, 2.05) is 11.5 Å². The van der Waals surface area contributed by atoms with Crippen molar-refractivity contribution in [2.75, 3.05) is 50.0 Å². The molecule has 3 amide bonds. The van der Waals surface area contributed by atoms with E-state index in [0.29, 0.717) is 34.8 Å². The average Bonchev–Trinajstić information content (AvgIpc) is 3.52. The predicted molar refractivity (Wildman–Crippen MR) is 128 cm³/mol. The monoisotopic (exact) mass is 474 g/mol. The lowest BCUT2D eigenvalue weighted by molar-refractivity contribution is 0.0374. The lowest BCUT2D eigenvalue weighted by atomic mass is 10.2. The third-order valence-electron chi connectivity index (χ3n) is 5.85. The fraction of sp³-hybridized carbons (Fsp3) is 0.522. The van der Waals surface area contributed by atoms with Gasteiger partial charge in [-0.2, -0.15) is 0 Å². The van der Waals surface area contributed by atoms with Crippen molar-refractivity contribution in [1.82, 2.24) is 19.8 Å². The lowest BCUT2D eigenvalue weighted by Gasteiger charge is -2.26. The maximum absolute atomic E-state index is 12.8. The molecule has 33 heavy (non-hydrogen) atoms. The average molecular weight is 475 g/mol. The molecule has 1 aliphatic heterocycles. The van der Waals surface area contributed by atoms with Crippen molar-refractivity contribution in [3.05, 3.63) is 40.8 Å². The van der Waals surface area contributed by atoms with E-state index in [1.165, 1.54) is 0 Å². The standard InChI is InChI=1S/C23H31ClN6O3/c1-16-13-18(24)5-6-19(16)26-23(32)28-20-15-30(14-17-3-4-17)21(27-20)22(31)25-7-2-8-29-9-11-33-12-10-29/h5-6,13,15,17H,2-4,7-12,14H2,1H3,(H,25,31)(H2,26,28,32). The smallest absolute Gasteiger partial charge is 0.324 e. The first-order valence-corrected chi connectivity index (χ1v) is 11.9. The van der Waals surface area contributed by atoms with E-state index >= 15 is 0 Å². The Labute approximate surface area is 198 Å². The van der Waals surface area contributed by atoms with Gasteiger partial charge in [0.1, 0.15) is 0 Å². The third-order valence-corrected chi connectivity index (χ3v) is 6.09. The summed E-state index contributed by atoms with van der Waals surface area (Å²) in [5.74, 6) is 1.01. The first-order valence-electron chi connectivity index (χ1n) is 11.5. The molecule has 0 radical (unpaired) electrons. The van der Waals surface area contributed by atoms with E-state index < -0.39 is 6.03 Å². The first-order chi connectivity index (χ1) is 16.0. The number of amides is 3. The van der Waals surface area contributed by atoms with E-state index in [4.69, 9.17) is 16.3 Å². The topological polar surface area (TPSA) is 101 Å². The van der Waals surface area contributed by atoms with Crippen LogP contribution in [0.1, 0.15) is 35.4 Å². The van der Waals surface area contributed by atoms with Crippen molar-refractivity contribution in [2.24, 2.45) is 5.92 Å². The summed E-state index contributed by atoms with van der Waals surface area (Å²) in [6, 6.07) is 4.83. The highest BCUT2D eigenvalue weighted by molar-refractivity contribution is 6.30. The highest BCUT2D eigenvalue weighted by Crippen LogP contribution is 2.31. The maximum atomic E-state index is 12.8. The Balaban J connectivity index is 1.33. The Morgan fingerprint density at radius 3 is 2.73 bits per heavy atom. The second-order valence-corrected chi connectivity index (χ2v) is 9.08. The van der Waals surface area contributed by atoms with Gasteiger partial charge in [-0.15, -0.1) is 0 Å². The van der Waals surface area contributed by atoms with Crippen LogP contribution in [0.5, 0.6) is 0 Å². The van der Waals surface area contributed by atoms with Crippen LogP contribution in [0.2, 0.25) is 5.02 Å². The number of hydrogen-bond acceptors (Lipinski definition) is 5. The molecule has 178 valence electrons. The molecule has 1 saturated heterocycles. The SMILES string of the molecule is Cc1cc(Cl)ccc1NC(=O)Nc1cn(CC2CC2)c(C(=O)NCCCN2CCOCC2)n1. The molecular weight excluding hydrogens is 444 g/mol.